The Morgan fingerprint density at radius 3 is 2.70 bits per heavy atom. The average Bonchev–Trinajstić information content (AvgIpc) is 3.04. The number of ether oxygens (including phenoxy) is 2. The Labute approximate surface area is 189 Å². The summed E-state index contributed by atoms with van der Waals surface area (Å²) in [5, 5.41) is 0.881. The molecule has 0 spiro atoms. The fourth-order valence-corrected chi connectivity index (χ4v) is 4.68. The highest BCUT2D eigenvalue weighted by Gasteiger charge is 2.35. The molecule has 3 rings (SSSR count). The number of hydrogen-bond acceptors (Lipinski definition) is 4. The Bertz CT molecular complexity index is 918. The number of amides is 1. The zero-order chi connectivity index (χ0) is 21.9. The minimum Gasteiger partial charge on any atom is -0.467 e. The van der Waals surface area contributed by atoms with Crippen LogP contribution in [0.25, 0.3) is 0 Å². The van der Waals surface area contributed by atoms with Crippen LogP contribution < -0.4 is 9.64 Å². The molecule has 1 aromatic heterocycles. The fraction of sp³-hybridized carbons (Fsp3) is 0.455. The van der Waals surface area contributed by atoms with Crippen molar-refractivity contribution in [1.82, 2.24) is 4.98 Å². The lowest BCUT2D eigenvalue weighted by Crippen LogP contribution is -2.24. The summed E-state index contributed by atoms with van der Waals surface area (Å²) in [6.07, 6.45) is 2.05. The molecule has 0 radical (unpaired) electrons. The minimum atomic E-state index is -1.15. The van der Waals surface area contributed by atoms with Crippen LogP contribution in [0.5, 0.6) is 5.75 Å². The van der Waals surface area contributed by atoms with E-state index in [-0.39, 0.29) is 18.6 Å². The van der Waals surface area contributed by atoms with E-state index in [9.17, 15) is 4.79 Å². The van der Waals surface area contributed by atoms with Crippen LogP contribution >= 0.6 is 23.2 Å². The van der Waals surface area contributed by atoms with Gasteiger partial charge >= 0.3 is 0 Å². The molecule has 1 unspecified atom stereocenters. The molecular formula is C22H28Cl2N2O3Si. The number of carbonyl (C=O) groups is 1. The van der Waals surface area contributed by atoms with Gasteiger partial charge in [0.15, 0.2) is 6.79 Å². The zero-order valence-electron chi connectivity index (χ0n) is 17.9. The van der Waals surface area contributed by atoms with Crippen molar-refractivity contribution in [1.29, 1.82) is 0 Å². The van der Waals surface area contributed by atoms with E-state index >= 15 is 0 Å². The zero-order valence-corrected chi connectivity index (χ0v) is 20.4. The molecule has 1 fully saturated rings. The van der Waals surface area contributed by atoms with Crippen LogP contribution in [0, 0.1) is 6.92 Å². The third kappa shape index (κ3) is 5.75. The number of anilines is 1. The summed E-state index contributed by atoms with van der Waals surface area (Å²) >= 11 is 12.8. The number of pyridine rings is 1. The molecule has 1 aliphatic rings. The Morgan fingerprint density at radius 1 is 1.23 bits per heavy atom. The molecular weight excluding hydrogens is 439 g/mol. The van der Waals surface area contributed by atoms with Gasteiger partial charge in [-0.15, -0.1) is 0 Å². The molecule has 162 valence electrons. The Morgan fingerprint density at radius 2 is 2.00 bits per heavy atom. The number of benzene rings is 1. The van der Waals surface area contributed by atoms with E-state index in [1.54, 1.807) is 23.2 Å². The minimum absolute atomic E-state index is 0.0407. The molecule has 0 N–H and O–H groups in total. The van der Waals surface area contributed by atoms with Gasteiger partial charge < -0.3 is 14.4 Å². The van der Waals surface area contributed by atoms with Crippen molar-refractivity contribution in [3.8, 4) is 5.75 Å². The Hall–Kier alpha value is -1.60. The van der Waals surface area contributed by atoms with E-state index in [1.165, 1.54) is 0 Å². The molecule has 0 saturated carbocycles. The lowest BCUT2D eigenvalue weighted by molar-refractivity contribution is -0.117. The standard InChI is InChI=1S/C22H28Cl2N2O3Si/c1-15-11-17(7-8-25-15)26-13-16(12-20(26)27)21-19(6-5-18(23)22(21)24)29-14-28-9-10-30(2,3)4/h5-8,11,16H,9-10,12-14H2,1-4H3. The molecule has 0 aliphatic carbocycles. The molecule has 1 aliphatic heterocycles. The Balaban J connectivity index is 1.75. The van der Waals surface area contributed by atoms with Gasteiger partial charge in [0.05, 0.1) is 10.0 Å². The lowest BCUT2D eigenvalue weighted by Gasteiger charge is -2.20. The van der Waals surface area contributed by atoms with E-state index < -0.39 is 8.07 Å². The van der Waals surface area contributed by atoms with E-state index in [0.717, 1.165) is 23.0 Å². The highest BCUT2D eigenvalue weighted by Crippen LogP contribution is 2.43. The Kier molecular flexibility index (Phi) is 7.45. The quantitative estimate of drug-likeness (QED) is 0.275. The van der Waals surface area contributed by atoms with E-state index in [4.69, 9.17) is 32.7 Å². The monoisotopic (exact) mass is 466 g/mol. The summed E-state index contributed by atoms with van der Waals surface area (Å²) in [6.45, 7) is 10.1. The molecule has 30 heavy (non-hydrogen) atoms. The summed E-state index contributed by atoms with van der Waals surface area (Å²) in [4.78, 5) is 18.7. The predicted octanol–water partition coefficient (Wildman–Crippen LogP) is 5.91. The fourth-order valence-electron chi connectivity index (χ4n) is 3.45. The first kappa shape index (κ1) is 23.1. The van der Waals surface area contributed by atoms with Gasteiger partial charge in [0, 0.05) is 56.7 Å². The first-order valence-electron chi connectivity index (χ1n) is 10.1. The van der Waals surface area contributed by atoms with Crippen LogP contribution in [0.4, 0.5) is 5.69 Å². The van der Waals surface area contributed by atoms with Gasteiger partial charge in [-0.25, -0.2) is 0 Å². The van der Waals surface area contributed by atoms with Crippen LogP contribution in [-0.2, 0) is 9.53 Å². The maximum Gasteiger partial charge on any atom is 0.227 e. The van der Waals surface area contributed by atoms with E-state index in [1.807, 2.05) is 19.1 Å². The number of hydrogen-bond donors (Lipinski definition) is 0. The van der Waals surface area contributed by atoms with Crippen LogP contribution in [-0.4, -0.2) is 38.9 Å². The van der Waals surface area contributed by atoms with Crippen LogP contribution in [0.2, 0.25) is 35.7 Å². The third-order valence-corrected chi connectivity index (χ3v) is 7.64. The molecule has 8 heteroatoms. The SMILES string of the molecule is Cc1cc(N2CC(c3c(OCOCC[Si](C)(C)C)ccc(Cl)c3Cl)CC2=O)ccn1. The van der Waals surface area contributed by atoms with Crippen molar-refractivity contribution in [2.24, 2.45) is 0 Å². The number of halogens is 2. The van der Waals surface area contributed by atoms with Gasteiger partial charge in [0.1, 0.15) is 5.75 Å². The van der Waals surface area contributed by atoms with Crippen molar-refractivity contribution in [3.05, 3.63) is 51.8 Å². The van der Waals surface area contributed by atoms with Gasteiger partial charge in [-0.3, -0.25) is 9.78 Å². The maximum absolute atomic E-state index is 12.7. The van der Waals surface area contributed by atoms with Crippen molar-refractivity contribution in [3.63, 3.8) is 0 Å². The second-order valence-corrected chi connectivity index (χ2v) is 15.2. The molecule has 0 bridgehead atoms. The average molecular weight is 467 g/mol. The van der Waals surface area contributed by atoms with Crippen molar-refractivity contribution >= 4 is 42.9 Å². The lowest BCUT2D eigenvalue weighted by atomic mass is 9.97. The molecule has 1 saturated heterocycles. The van der Waals surface area contributed by atoms with Gasteiger partial charge in [-0.2, -0.15) is 0 Å². The summed E-state index contributed by atoms with van der Waals surface area (Å²) < 4.78 is 11.6. The summed E-state index contributed by atoms with van der Waals surface area (Å²) in [7, 11) is -1.15. The number of rotatable bonds is 8. The molecule has 1 atom stereocenters. The van der Waals surface area contributed by atoms with Gasteiger partial charge in [0.2, 0.25) is 5.91 Å². The first-order valence-corrected chi connectivity index (χ1v) is 14.5. The molecule has 2 aromatic rings. The second-order valence-electron chi connectivity index (χ2n) is 8.82. The largest absolute Gasteiger partial charge is 0.467 e. The number of nitrogens with zero attached hydrogens (tertiary/aromatic N) is 2. The first-order chi connectivity index (χ1) is 14.2. The summed E-state index contributed by atoms with van der Waals surface area (Å²) in [5.41, 5.74) is 2.47. The van der Waals surface area contributed by atoms with E-state index in [0.29, 0.717) is 35.4 Å². The van der Waals surface area contributed by atoms with E-state index in [2.05, 4.69) is 24.6 Å². The third-order valence-electron chi connectivity index (χ3n) is 5.11. The molecule has 2 heterocycles. The smallest absolute Gasteiger partial charge is 0.227 e. The van der Waals surface area contributed by atoms with Crippen molar-refractivity contribution in [2.45, 2.75) is 44.9 Å². The summed E-state index contributed by atoms with van der Waals surface area (Å²) in [6, 6.07) is 8.34. The topological polar surface area (TPSA) is 51.7 Å². The highest BCUT2D eigenvalue weighted by atomic mass is 35.5. The highest BCUT2D eigenvalue weighted by molar-refractivity contribution is 6.76. The van der Waals surface area contributed by atoms with Crippen LogP contribution in [0.1, 0.15) is 23.6 Å². The molecule has 5 nitrogen and oxygen atoms in total. The van der Waals surface area contributed by atoms with Gasteiger partial charge in [0.25, 0.3) is 0 Å². The second kappa shape index (κ2) is 9.69. The number of carbonyl (C=O) groups excluding carboxylic acids is 1. The number of aryl methyl sites for hydroxylation is 1. The van der Waals surface area contributed by atoms with Crippen LogP contribution in [0.15, 0.2) is 30.5 Å². The van der Waals surface area contributed by atoms with Gasteiger partial charge in [-0.05, 0) is 37.2 Å². The number of aromatic nitrogens is 1. The molecule has 1 aromatic carbocycles. The summed E-state index contributed by atoms with van der Waals surface area (Å²) in [5.74, 6) is 0.538. The van der Waals surface area contributed by atoms with Gasteiger partial charge in [-0.1, -0.05) is 42.8 Å². The van der Waals surface area contributed by atoms with Crippen molar-refractivity contribution in [2.75, 3.05) is 24.8 Å². The van der Waals surface area contributed by atoms with Crippen LogP contribution in [0.3, 0.4) is 0 Å². The normalized spacial score (nSPS) is 16.9. The van der Waals surface area contributed by atoms with Crippen molar-refractivity contribution < 1.29 is 14.3 Å². The molecule has 1 amide bonds. The predicted molar refractivity (Wildman–Crippen MR) is 125 cm³/mol. The maximum atomic E-state index is 12.7.